The van der Waals surface area contributed by atoms with E-state index in [0.717, 1.165) is 0 Å². The van der Waals surface area contributed by atoms with Gasteiger partial charge in [-0.25, -0.2) is 5.10 Å². The number of aromatic amines is 1. The van der Waals surface area contributed by atoms with Crippen molar-refractivity contribution in [1.82, 2.24) is 25.8 Å². The Labute approximate surface area is 145 Å². The Hall–Kier alpha value is -3.46. The van der Waals surface area contributed by atoms with Crippen LogP contribution in [-0.4, -0.2) is 31.7 Å². The van der Waals surface area contributed by atoms with Crippen LogP contribution < -0.4 is 11.1 Å². The molecule has 124 valence electrons. The minimum Gasteiger partial charge on any atom is -0.399 e. The highest BCUT2D eigenvalue weighted by Gasteiger charge is 2.19. The molecule has 2 heterocycles. The molecule has 0 aliphatic heterocycles. The van der Waals surface area contributed by atoms with Gasteiger partial charge in [0.1, 0.15) is 0 Å². The molecule has 0 aliphatic rings. The number of amides is 1. The zero-order valence-electron chi connectivity index (χ0n) is 12.5. The first-order valence-corrected chi connectivity index (χ1v) is 7.49. The van der Waals surface area contributed by atoms with Gasteiger partial charge in [0.25, 0.3) is 5.91 Å². The molecular formula is C15H10ClN7O2. The molecule has 10 heteroatoms. The molecule has 0 saturated heterocycles. The van der Waals surface area contributed by atoms with Crippen molar-refractivity contribution in [1.29, 1.82) is 0 Å². The third kappa shape index (κ3) is 2.76. The molecular weight excluding hydrogens is 346 g/mol. The van der Waals surface area contributed by atoms with Crippen molar-refractivity contribution >= 4 is 39.9 Å². The van der Waals surface area contributed by atoms with Gasteiger partial charge in [-0.1, -0.05) is 16.8 Å². The third-order valence-electron chi connectivity index (χ3n) is 3.54. The second-order valence-electron chi connectivity index (χ2n) is 5.18. The number of fused-ring (bicyclic) bond motifs is 1. The van der Waals surface area contributed by atoms with Crippen molar-refractivity contribution in [2.24, 2.45) is 0 Å². The quantitative estimate of drug-likeness (QED) is 0.480. The number of nitrogens with two attached hydrogens (primary N) is 1. The van der Waals surface area contributed by atoms with E-state index in [-0.39, 0.29) is 5.69 Å². The highest BCUT2D eigenvalue weighted by Crippen LogP contribution is 2.29. The molecule has 2 aromatic carbocycles. The summed E-state index contributed by atoms with van der Waals surface area (Å²) >= 11 is 6.03. The number of tetrazole rings is 1. The number of hydrogen-bond donors (Lipinski definition) is 3. The van der Waals surface area contributed by atoms with Crippen molar-refractivity contribution in [3.05, 3.63) is 47.1 Å². The van der Waals surface area contributed by atoms with Gasteiger partial charge in [0, 0.05) is 22.3 Å². The topological polar surface area (TPSA) is 136 Å². The van der Waals surface area contributed by atoms with E-state index in [1.165, 1.54) is 0 Å². The Bertz CT molecular complexity index is 1070. The van der Waals surface area contributed by atoms with Crippen LogP contribution in [0.4, 0.5) is 11.4 Å². The Balaban J connectivity index is 1.71. The molecule has 0 radical (unpaired) electrons. The number of nitrogens with zero attached hydrogens (tertiary/aromatic N) is 4. The lowest BCUT2D eigenvalue weighted by Crippen LogP contribution is -2.13. The Morgan fingerprint density at radius 1 is 1.24 bits per heavy atom. The van der Waals surface area contributed by atoms with Crippen molar-refractivity contribution in [2.75, 3.05) is 11.1 Å². The number of nitrogens with one attached hydrogen (secondary N) is 2. The maximum Gasteiger partial charge on any atom is 0.278 e. The largest absolute Gasteiger partial charge is 0.399 e. The first-order valence-electron chi connectivity index (χ1n) is 7.12. The number of aromatic nitrogens is 5. The monoisotopic (exact) mass is 355 g/mol. The van der Waals surface area contributed by atoms with E-state index in [1.54, 1.807) is 36.4 Å². The van der Waals surface area contributed by atoms with Crippen molar-refractivity contribution in [3.8, 4) is 11.4 Å². The molecule has 4 N–H and O–H groups in total. The molecule has 0 atom stereocenters. The molecule has 25 heavy (non-hydrogen) atoms. The fourth-order valence-electron chi connectivity index (χ4n) is 2.39. The van der Waals surface area contributed by atoms with E-state index in [2.05, 4.69) is 31.1 Å². The number of carbonyl (C=O) groups is 1. The Morgan fingerprint density at radius 3 is 2.92 bits per heavy atom. The summed E-state index contributed by atoms with van der Waals surface area (Å²) in [6, 6.07) is 9.89. The maximum absolute atomic E-state index is 12.6. The third-order valence-corrected chi connectivity index (χ3v) is 3.78. The maximum atomic E-state index is 12.6. The van der Waals surface area contributed by atoms with Crippen LogP contribution in [0.1, 0.15) is 10.5 Å². The van der Waals surface area contributed by atoms with Gasteiger partial charge < -0.3 is 15.6 Å². The number of nitrogen functional groups attached to an aromatic ring is 1. The van der Waals surface area contributed by atoms with E-state index in [1.807, 2.05) is 0 Å². The predicted molar refractivity (Wildman–Crippen MR) is 91.0 cm³/mol. The van der Waals surface area contributed by atoms with Crippen LogP contribution >= 0.6 is 11.6 Å². The van der Waals surface area contributed by atoms with Gasteiger partial charge in [0.2, 0.25) is 0 Å². The van der Waals surface area contributed by atoms with Crippen molar-refractivity contribution < 1.29 is 9.32 Å². The molecule has 0 unspecified atom stereocenters. The fourth-order valence-corrected chi connectivity index (χ4v) is 2.57. The van der Waals surface area contributed by atoms with Gasteiger partial charge in [-0.05, 0) is 40.8 Å². The van der Waals surface area contributed by atoms with Crippen LogP contribution in [0.3, 0.4) is 0 Å². The number of carbonyl (C=O) groups excluding carboxylic acids is 1. The molecule has 0 saturated carbocycles. The number of benzene rings is 2. The summed E-state index contributed by atoms with van der Waals surface area (Å²) in [5.74, 6) is -0.0739. The molecule has 0 fully saturated rings. The highest BCUT2D eigenvalue weighted by molar-refractivity contribution is 6.31. The Morgan fingerprint density at radius 2 is 2.12 bits per heavy atom. The number of H-pyrrole nitrogens is 1. The fraction of sp³-hybridized carbons (Fsp3) is 0. The van der Waals surface area contributed by atoms with Crippen LogP contribution in [-0.2, 0) is 0 Å². The van der Waals surface area contributed by atoms with Gasteiger partial charge in [0.15, 0.2) is 17.1 Å². The van der Waals surface area contributed by atoms with E-state index < -0.39 is 5.91 Å². The summed E-state index contributed by atoms with van der Waals surface area (Å²) in [6.45, 7) is 0. The number of hydrogen-bond acceptors (Lipinski definition) is 7. The summed E-state index contributed by atoms with van der Waals surface area (Å²) in [5, 5.41) is 21.2. The predicted octanol–water partition coefficient (Wildman–Crippen LogP) is 2.50. The summed E-state index contributed by atoms with van der Waals surface area (Å²) < 4.78 is 5.16. The Kier molecular flexibility index (Phi) is 3.55. The van der Waals surface area contributed by atoms with Gasteiger partial charge >= 0.3 is 0 Å². The molecule has 4 aromatic rings. The van der Waals surface area contributed by atoms with Crippen molar-refractivity contribution in [3.63, 3.8) is 0 Å². The zero-order chi connectivity index (χ0) is 17.4. The van der Waals surface area contributed by atoms with E-state index in [0.29, 0.717) is 38.8 Å². The molecule has 0 bridgehead atoms. The molecule has 2 aromatic heterocycles. The summed E-state index contributed by atoms with van der Waals surface area (Å²) in [5.41, 5.74) is 7.81. The molecule has 0 aliphatic carbocycles. The van der Waals surface area contributed by atoms with Crippen LogP contribution in [0.5, 0.6) is 0 Å². The lowest BCUT2D eigenvalue weighted by atomic mass is 10.1. The van der Waals surface area contributed by atoms with Gasteiger partial charge in [-0.3, -0.25) is 4.79 Å². The van der Waals surface area contributed by atoms with Crippen LogP contribution in [0.15, 0.2) is 40.9 Å². The van der Waals surface area contributed by atoms with Crippen LogP contribution in [0.25, 0.3) is 22.4 Å². The number of anilines is 2. The van der Waals surface area contributed by atoms with E-state index in [4.69, 9.17) is 21.9 Å². The molecule has 9 nitrogen and oxygen atoms in total. The number of rotatable bonds is 3. The standard InChI is InChI=1S/C15H10ClN7O2/c16-7-1-4-11(10(5-7)14-19-22-23-20-14)18-15(24)13-9-3-2-8(17)6-12(9)25-21-13/h1-6H,17H2,(H,18,24)(H,19,20,22,23). The molecule has 1 amide bonds. The summed E-state index contributed by atoms with van der Waals surface area (Å²) in [4.78, 5) is 12.6. The van der Waals surface area contributed by atoms with Crippen molar-refractivity contribution in [2.45, 2.75) is 0 Å². The number of halogens is 1. The summed E-state index contributed by atoms with van der Waals surface area (Å²) in [7, 11) is 0. The van der Waals surface area contributed by atoms with E-state index >= 15 is 0 Å². The second kappa shape index (κ2) is 5.87. The highest BCUT2D eigenvalue weighted by atomic mass is 35.5. The lowest BCUT2D eigenvalue weighted by Gasteiger charge is -2.08. The average molecular weight is 356 g/mol. The molecule has 4 rings (SSSR count). The first-order chi connectivity index (χ1) is 12.1. The zero-order valence-corrected chi connectivity index (χ0v) is 13.3. The minimum atomic E-state index is -0.445. The van der Waals surface area contributed by atoms with Gasteiger partial charge in [-0.15, -0.1) is 5.10 Å². The van der Waals surface area contributed by atoms with Gasteiger partial charge in [0.05, 0.1) is 11.1 Å². The van der Waals surface area contributed by atoms with Gasteiger partial charge in [-0.2, -0.15) is 0 Å². The van der Waals surface area contributed by atoms with Crippen LogP contribution in [0.2, 0.25) is 5.02 Å². The average Bonchev–Trinajstić information content (AvgIpc) is 3.25. The molecule has 0 spiro atoms. The minimum absolute atomic E-state index is 0.145. The van der Waals surface area contributed by atoms with E-state index in [9.17, 15) is 4.79 Å². The smallest absolute Gasteiger partial charge is 0.278 e. The first kappa shape index (κ1) is 15.1. The van der Waals surface area contributed by atoms with Crippen LogP contribution in [0, 0.1) is 0 Å². The normalized spacial score (nSPS) is 10.9. The lowest BCUT2D eigenvalue weighted by molar-refractivity contribution is 0.102. The SMILES string of the molecule is Nc1ccc2c(C(=O)Nc3ccc(Cl)cc3-c3nnn[nH]3)noc2c1. The second-order valence-corrected chi connectivity index (χ2v) is 5.62. The summed E-state index contributed by atoms with van der Waals surface area (Å²) in [6.07, 6.45) is 0.